The summed E-state index contributed by atoms with van der Waals surface area (Å²) in [6, 6.07) is 1.67. The molecule has 0 atom stereocenters. The van der Waals surface area contributed by atoms with Gasteiger partial charge in [-0.3, -0.25) is 9.78 Å². The maximum atomic E-state index is 13.5. The Kier molecular flexibility index (Phi) is 5.49. The van der Waals surface area contributed by atoms with Crippen molar-refractivity contribution in [1.82, 2.24) is 4.98 Å². The maximum absolute atomic E-state index is 13.5. The lowest BCUT2D eigenvalue weighted by Gasteiger charge is -2.36. The van der Waals surface area contributed by atoms with E-state index < -0.39 is 41.5 Å². The first-order chi connectivity index (χ1) is 11.8. The van der Waals surface area contributed by atoms with Gasteiger partial charge in [0.15, 0.2) is 0 Å². The van der Waals surface area contributed by atoms with Gasteiger partial charge < -0.3 is 5.32 Å². The van der Waals surface area contributed by atoms with Gasteiger partial charge in [0, 0.05) is 17.1 Å². The number of anilines is 1. The molecular formula is C13H9F11N2O. The number of rotatable bonds is 5. The Hall–Kier alpha value is -2.15. The number of halogens is 11. The van der Waals surface area contributed by atoms with Gasteiger partial charge in [-0.25, -0.2) is 0 Å². The minimum absolute atomic E-state index is 0.0642. The standard InChI is InChI=1S/C13H9F11N2O/c1-5-3-7(4-6(2)25-5)26-8(27)9(14,15)10(16,17)11(18,19)12(20,21)13(22,23)24/h3-4H,1-2H3,(H,25,26,27). The van der Waals surface area contributed by atoms with Gasteiger partial charge >= 0.3 is 35.8 Å². The van der Waals surface area contributed by atoms with Crippen LogP contribution in [0.3, 0.4) is 0 Å². The summed E-state index contributed by atoms with van der Waals surface area (Å²) in [6.07, 6.45) is -7.29. The second kappa shape index (κ2) is 6.48. The Morgan fingerprint density at radius 3 is 1.56 bits per heavy atom. The molecule has 0 bridgehead atoms. The quantitative estimate of drug-likeness (QED) is 0.702. The summed E-state index contributed by atoms with van der Waals surface area (Å²) in [5, 5.41) is 1.06. The van der Waals surface area contributed by atoms with Crippen molar-refractivity contribution in [2.45, 2.75) is 43.7 Å². The van der Waals surface area contributed by atoms with Crippen molar-refractivity contribution in [3.05, 3.63) is 23.5 Å². The number of amides is 1. The van der Waals surface area contributed by atoms with Crippen LogP contribution in [0.5, 0.6) is 0 Å². The molecule has 1 aromatic rings. The maximum Gasteiger partial charge on any atom is 0.460 e. The molecule has 0 unspecified atom stereocenters. The Morgan fingerprint density at radius 2 is 1.19 bits per heavy atom. The van der Waals surface area contributed by atoms with E-state index in [1.165, 1.54) is 13.8 Å². The van der Waals surface area contributed by atoms with Gasteiger partial charge in [-0.05, 0) is 26.0 Å². The van der Waals surface area contributed by atoms with Crippen molar-refractivity contribution in [2.24, 2.45) is 0 Å². The molecule has 0 fully saturated rings. The fraction of sp³-hybridized carbons (Fsp3) is 0.538. The number of hydrogen-bond donors (Lipinski definition) is 1. The van der Waals surface area contributed by atoms with Crippen molar-refractivity contribution in [1.29, 1.82) is 0 Å². The molecule has 0 radical (unpaired) electrons. The lowest BCUT2D eigenvalue weighted by atomic mass is 9.97. The van der Waals surface area contributed by atoms with Gasteiger partial charge in [0.2, 0.25) is 0 Å². The Bertz CT molecular complexity index is 707. The molecule has 27 heavy (non-hydrogen) atoms. The molecule has 0 aliphatic carbocycles. The van der Waals surface area contributed by atoms with Crippen LogP contribution in [0.4, 0.5) is 54.0 Å². The second-order valence-corrected chi connectivity index (χ2v) is 5.39. The van der Waals surface area contributed by atoms with Crippen molar-refractivity contribution in [3.8, 4) is 0 Å². The van der Waals surface area contributed by atoms with E-state index in [9.17, 15) is 53.1 Å². The summed E-state index contributed by atoms with van der Waals surface area (Å²) < 4.78 is 141. The zero-order valence-corrected chi connectivity index (χ0v) is 13.2. The smallest absolute Gasteiger partial charge is 0.321 e. The lowest BCUT2D eigenvalue weighted by molar-refractivity contribution is -0.416. The van der Waals surface area contributed by atoms with Crippen molar-refractivity contribution >= 4 is 11.6 Å². The van der Waals surface area contributed by atoms with E-state index in [1.54, 1.807) is 0 Å². The van der Waals surface area contributed by atoms with E-state index in [1.807, 2.05) is 0 Å². The molecule has 0 aromatic carbocycles. The first-order valence-electron chi connectivity index (χ1n) is 6.63. The normalized spacial score (nSPS) is 14.3. The predicted molar refractivity (Wildman–Crippen MR) is 68.2 cm³/mol. The number of hydrogen-bond acceptors (Lipinski definition) is 2. The average molecular weight is 418 g/mol. The van der Waals surface area contributed by atoms with Crippen LogP contribution in [0.15, 0.2) is 12.1 Å². The molecule has 3 nitrogen and oxygen atoms in total. The number of nitrogens with zero attached hydrogens (tertiary/aromatic N) is 1. The summed E-state index contributed by atoms with van der Waals surface area (Å²) in [4.78, 5) is 15.0. The zero-order chi connectivity index (χ0) is 21.6. The predicted octanol–water partition coefficient (Wildman–Crippen LogP) is 4.74. The van der Waals surface area contributed by atoms with E-state index >= 15 is 0 Å². The van der Waals surface area contributed by atoms with E-state index in [0.29, 0.717) is 0 Å². The van der Waals surface area contributed by atoms with E-state index in [2.05, 4.69) is 4.98 Å². The van der Waals surface area contributed by atoms with Crippen LogP contribution >= 0.6 is 0 Å². The number of carbonyl (C=O) groups excluding carboxylic acids is 1. The van der Waals surface area contributed by atoms with Gasteiger partial charge in [0.25, 0.3) is 0 Å². The number of carbonyl (C=O) groups is 1. The molecular weight excluding hydrogens is 409 g/mol. The minimum Gasteiger partial charge on any atom is -0.321 e. The molecule has 0 spiro atoms. The van der Waals surface area contributed by atoms with Crippen LogP contribution in [-0.4, -0.2) is 40.8 Å². The summed E-state index contributed by atoms with van der Waals surface area (Å²) in [5.41, 5.74) is -0.519. The van der Waals surface area contributed by atoms with Crippen LogP contribution < -0.4 is 5.32 Å². The highest BCUT2D eigenvalue weighted by molar-refractivity contribution is 5.97. The van der Waals surface area contributed by atoms with Crippen LogP contribution in [0.2, 0.25) is 0 Å². The molecule has 154 valence electrons. The number of nitrogens with one attached hydrogen (secondary N) is 1. The van der Waals surface area contributed by atoms with Gasteiger partial charge in [-0.1, -0.05) is 0 Å². The zero-order valence-electron chi connectivity index (χ0n) is 13.2. The molecule has 1 amide bonds. The molecule has 0 saturated carbocycles. The summed E-state index contributed by atoms with van der Waals surface area (Å²) in [7, 11) is 0. The van der Waals surface area contributed by atoms with Crippen LogP contribution in [0, 0.1) is 13.8 Å². The lowest BCUT2D eigenvalue weighted by Crippen LogP contribution is -2.68. The van der Waals surface area contributed by atoms with Crippen LogP contribution in [0.1, 0.15) is 11.4 Å². The molecule has 0 aliphatic heterocycles. The highest BCUT2D eigenvalue weighted by atomic mass is 19.4. The third-order valence-electron chi connectivity index (χ3n) is 3.16. The first kappa shape index (κ1) is 22.9. The topological polar surface area (TPSA) is 42.0 Å². The fourth-order valence-corrected chi connectivity index (χ4v) is 1.83. The van der Waals surface area contributed by atoms with Crippen LogP contribution in [0.25, 0.3) is 0 Å². The third-order valence-corrected chi connectivity index (χ3v) is 3.16. The number of pyridine rings is 1. The van der Waals surface area contributed by atoms with E-state index in [0.717, 1.165) is 17.4 Å². The molecule has 0 saturated heterocycles. The Labute approximate surface area is 143 Å². The molecule has 1 heterocycles. The monoisotopic (exact) mass is 418 g/mol. The second-order valence-electron chi connectivity index (χ2n) is 5.39. The molecule has 14 heteroatoms. The van der Waals surface area contributed by atoms with Gasteiger partial charge in [-0.15, -0.1) is 0 Å². The fourth-order valence-electron chi connectivity index (χ4n) is 1.83. The van der Waals surface area contributed by atoms with E-state index in [-0.39, 0.29) is 11.4 Å². The SMILES string of the molecule is Cc1cc(NC(=O)C(F)(F)C(F)(F)C(F)(F)C(F)(F)C(F)(F)F)cc(C)n1. The number of aryl methyl sites for hydroxylation is 2. The largest absolute Gasteiger partial charge is 0.460 e. The number of aromatic nitrogens is 1. The molecule has 0 aliphatic rings. The molecule has 1 rings (SSSR count). The summed E-state index contributed by atoms with van der Waals surface area (Å²) in [6.45, 7) is 2.54. The van der Waals surface area contributed by atoms with Gasteiger partial charge in [0.05, 0.1) is 0 Å². The van der Waals surface area contributed by atoms with Gasteiger partial charge in [0.1, 0.15) is 0 Å². The highest BCUT2D eigenvalue weighted by Gasteiger charge is 2.88. The average Bonchev–Trinajstić information content (AvgIpc) is 2.44. The Balaban J connectivity index is 3.31. The Morgan fingerprint density at radius 1 is 0.778 bits per heavy atom. The summed E-state index contributed by atoms with van der Waals surface area (Å²) in [5.74, 6) is -32.4. The molecule has 1 aromatic heterocycles. The minimum atomic E-state index is -7.64. The van der Waals surface area contributed by atoms with Crippen molar-refractivity contribution in [2.75, 3.05) is 5.32 Å². The number of alkyl halides is 11. The first-order valence-corrected chi connectivity index (χ1v) is 6.63. The third kappa shape index (κ3) is 3.65. The van der Waals surface area contributed by atoms with Gasteiger partial charge in [-0.2, -0.15) is 48.3 Å². The summed E-state index contributed by atoms with van der Waals surface area (Å²) >= 11 is 0. The van der Waals surface area contributed by atoms with E-state index in [4.69, 9.17) is 0 Å². The highest BCUT2D eigenvalue weighted by Crippen LogP contribution is 2.57. The van der Waals surface area contributed by atoms with Crippen molar-refractivity contribution < 1.29 is 53.1 Å². The molecule has 1 N–H and O–H groups in total. The van der Waals surface area contributed by atoms with Crippen LogP contribution in [-0.2, 0) is 4.79 Å². The van der Waals surface area contributed by atoms with Crippen molar-refractivity contribution in [3.63, 3.8) is 0 Å².